The second-order valence-corrected chi connectivity index (χ2v) is 4.77. The highest BCUT2D eigenvalue weighted by atomic mass is 32.2. The summed E-state index contributed by atoms with van der Waals surface area (Å²) in [6, 6.07) is 7.54. The molecule has 0 aliphatic heterocycles. The molecular weight excluding hydrogens is 220 g/mol. The molecule has 0 heterocycles. The van der Waals surface area contributed by atoms with Gasteiger partial charge in [0.1, 0.15) is 0 Å². The van der Waals surface area contributed by atoms with Crippen molar-refractivity contribution in [3.63, 3.8) is 0 Å². The zero-order valence-corrected chi connectivity index (χ0v) is 10.6. The van der Waals surface area contributed by atoms with E-state index in [-0.39, 0.29) is 0 Å². The Morgan fingerprint density at radius 1 is 1.25 bits per heavy atom. The van der Waals surface area contributed by atoms with Gasteiger partial charge in [0.2, 0.25) is 0 Å². The molecule has 0 aliphatic carbocycles. The molecule has 0 aliphatic rings. The minimum absolute atomic E-state index is 0.403. The largest absolute Gasteiger partial charge is 0.283 e. The minimum Gasteiger partial charge on any atom is -0.283 e. The molecule has 16 heavy (non-hydrogen) atoms. The maximum absolute atomic E-state index is 11.6. The molecule has 0 bridgehead atoms. The predicted octanol–water partition coefficient (Wildman–Crippen LogP) is 3.39. The fourth-order valence-corrected chi connectivity index (χ4v) is 1.87. The van der Waals surface area contributed by atoms with Crippen molar-refractivity contribution >= 4 is 11.1 Å². The van der Waals surface area contributed by atoms with E-state index < -0.39 is 11.1 Å². The van der Waals surface area contributed by atoms with Crippen LogP contribution in [-0.2, 0) is 15.3 Å². The third-order valence-corrected chi connectivity index (χ3v) is 3.11. The first-order valence-corrected chi connectivity index (χ1v) is 6.58. The number of allylic oxidation sites excluding steroid dienone is 1. The van der Waals surface area contributed by atoms with Crippen molar-refractivity contribution in [1.82, 2.24) is 0 Å². The van der Waals surface area contributed by atoms with Crippen molar-refractivity contribution in [2.45, 2.75) is 31.6 Å². The van der Waals surface area contributed by atoms with E-state index in [1.165, 1.54) is 0 Å². The van der Waals surface area contributed by atoms with E-state index in [1.807, 2.05) is 43.3 Å². The Balaban J connectivity index is 2.38. The zero-order valence-electron chi connectivity index (χ0n) is 9.81. The van der Waals surface area contributed by atoms with Crippen LogP contribution in [-0.4, -0.2) is 10.8 Å². The highest BCUT2D eigenvalue weighted by Crippen LogP contribution is 2.09. The standard InChI is InChI=1S/C13H18O2S/c1-3-4-5-6-11-15-16(14)13-9-7-12(2)8-10-13/h5-10H,3-4,11H2,1-2H3/b6-5+. The fraction of sp³-hybridized carbons (Fsp3) is 0.385. The Kier molecular flexibility index (Phi) is 6.04. The average Bonchev–Trinajstić information content (AvgIpc) is 2.29. The summed E-state index contributed by atoms with van der Waals surface area (Å²) in [7, 11) is 0. The molecule has 0 radical (unpaired) electrons. The lowest BCUT2D eigenvalue weighted by Crippen LogP contribution is -1.97. The molecule has 3 heteroatoms. The van der Waals surface area contributed by atoms with Crippen molar-refractivity contribution in [1.29, 1.82) is 0 Å². The van der Waals surface area contributed by atoms with Crippen molar-refractivity contribution in [3.8, 4) is 0 Å². The molecule has 1 unspecified atom stereocenters. The van der Waals surface area contributed by atoms with Crippen molar-refractivity contribution in [3.05, 3.63) is 42.0 Å². The second kappa shape index (κ2) is 7.36. The molecule has 0 spiro atoms. The van der Waals surface area contributed by atoms with Crippen LogP contribution in [0.15, 0.2) is 41.3 Å². The van der Waals surface area contributed by atoms with E-state index in [9.17, 15) is 4.21 Å². The molecular formula is C13H18O2S. The van der Waals surface area contributed by atoms with Crippen LogP contribution in [0.1, 0.15) is 25.3 Å². The molecule has 1 atom stereocenters. The normalized spacial score (nSPS) is 13.1. The average molecular weight is 238 g/mol. The summed E-state index contributed by atoms with van der Waals surface area (Å²) in [6.07, 6.45) is 6.13. The Labute approximate surface area is 100.0 Å². The van der Waals surface area contributed by atoms with E-state index in [4.69, 9.17) is 4.18 Å². The van der Waals surface area contributed by atoms with Crippen molar-refractivity contribution < 1.29 is 8.39 Å². The first kappa shape index (κ1) is 13.1. The van der Waals surface area contributed by atoms with Gasteiger partial charge < -0.3 is 0 Å². The highest BCUT2D eigenvalue weighted by Gasteiger charge is 2.02. The summed E-state index contributed by atoms with van der Waals surface area (Å²) in [5.41, 5.74) is 1.16. The van der Waals surface area contributed by atoms with E-state index in [0.717, 1.165) is 23.3 Å². The van der Waals surface area contributed by atoms with Crippen LogP contribution in [0.5, 0.6) is 0 Å². The van der Waals surface area contributed by atoms with Gasteiger partial charge in [-0.1, -0.05) is 43.2 Å². The molecule has 2 nitrogen and oxygen atoms in total. The van der Waals surface area contributed by atoms with Crippen molar-refractivity contribution in [2.75, 3.05) is 6.61 Å². The summed E-state index contributed by atoms with van der Waals surface area (Å²) >= 11 is -1.35. The van der Waals surface area contributed by atoms with Crippen LogP contribution >= 0.6 is 0 Å². The summed E-state index contributed by atoms with van der Waals surface area (Å²) in [5, 5.41) is 0. The van der Waals surface area contributed by atoms with Gasteiger partial charge in [0.15, 0.2) is 11.1 Å². The van der Waals surface area contributed by atoms with E-state index >= 15 is 0 Å². The van der Waals surface area contributed by atoms with Gasteiger partial charge in [-0.3, -0.25) is 4.18 Å². The molecule has 0 amide bonds. The first-order valence-electron chi connectivity index (χ1n) is 5.50. The molecule has 1 aromatic carbocycles. The lowest BCUT2D eigenvalue weighted by Gasteiger charge is -2.01. The third-order valence-electron chi connectivity index (χ3n) is 2.11. The molecule has 0 aromatic heterocycles. The molecule has 88 valence electrons. The quantitative estimate of drug-likeness (QED) is 0.710. The third kappa shape index (κ3) is 4.73. The predicted molar refractivity (Wildman–Crippen MR) is 67.6 cm³/mol. The number of rotatable bonds is 6. The number of benzene rings is 1. The molecule has 0 N–H and O–H groups in total. The summed E-state index contributed by atoms with van der Waals surface area (Å²) < 4.78 is 16.8. The molecule has 0 saturated heterocycles. The van der Waals surface area contributed by atoms with Crippen LogP contribution in [0, 0.1) is 6.92 Å². The molecule has 0 fully saturated rings. The monoisotopic (exact) mass is 238 g/mol. The van der Waals surface area contributed by atoms with Crippen LogP contribution in [0.4, 0.5) is 0 Å². The smallest absolute Gasteiger partial charge is 0.189 e. The van der Waals surface area contributed by atoms with Crippen LogP contribution < -0.4 is 0 Å². The lowest BCUT2D eigenvalue weighted by molar-refractivity contribution is 0.394. The number of unbranched alkanes of at least 4 members (excludes halogenated alkanes) is 1. The zero-order chi connectivity index (χ0) is 11.8. The number of hydrogen-bond acceptors (Lipinski definition) is 2. The Morgan fingerprint density at radius 3 is 2.56 bits per heavy atom. The summed E-state index contributed by atoms with van der Waals surface area (Å²) in [6.45, 7) is 4.52. The van der Waals surface area contributed by atoms with E-state index in [2.05, 4.69) is 6.92 Å². The number of aryl methyl sites for hydroxylation is 1. The van der Waals surface area contributed by atoms with Gasteiger partial charge in [0.25, 0.3) is 0 Å². The summed E-state index contributed by atoms with van der Waals surface area (Å²) in [5.74, 6) is 0. The summed E-state index contributed by atoms with van der Waals surface area (Å²) in [4.78, 5) is 0.717. The fourth-order valence-electron chi connectivity index (χ4n) is 1.17. The molecule has 0 saturated carbocycles. The van der Waals surface area contributed by atoms with Gasteiger partial charge in [-0.2, -0.15) is 0 Å². The van der Waals surface area contributed by atoms with Crippen LogP contribution in [0.2, 0.25) is 0 Å². The Bertz CT molecular complexity index is 355. The topological polar surface area (TPSA) is 26.3 Å². The second-order valence-electron chi connectivity index (χ2n) is 3.59. The molecule has 1 rings (SSSR count). The maximum Gasteiger partial charge on any atom is 0.189 e. The van der Waals surface area contributed by atoms with Gasteiger partial charge in [0.05, 0.1) is 11.5 Å². The van der Waals surface area contributed by atoms with Gasteiger partial charge in [-0.05, 0) is 25.5 Å². The van der Waals surface area contributed by atoms with Gasteiger partial charge in [-0.15, -0.1) is 0 Å². The van der Waals surface area contributed by atoms with Crippen LogP contribution in [0.25, 0.3) is 0 Å². The van der Waals surface area contributed by atoms with Gasteiger partial charge in [-0.25, -0.2) is 4.21 Å². The Hall–Kier alpha value is -0.930. The molecule has 1 aromatic rings. The van der Waals surface area contributed by atoms with Crippen LogP contribution in [0.3, 0.4) is 0 Å². The van der Waals surface area contributed by atoms with Gasteiger partial charge >= 0.3 is 0 Å². The maximum atomic E-state index is 11.6. The van der Waals surface area contributed by atoms with Gasteiger partial charge in [0, 0.05) is 0 Å². The lowest BCUT2D eigenvalue weighted by atomic mass is 10.2. The van der Waals surface area contributed by atoms with E-state index in [1.54, 1.807) is 0 Å². The van der Waals surface area contributed by atoms with Crippen molar-refractivity contribution in [2.24, 2.45) is 0 Å². The number of hydrogen-bond donors (Lipinski definition) is 0. The first-order chi connectivity index (χ1) is 7.74. The highest BCUT2D eigenvalue weighted by molar-refractivity contribution is 7.80. The minimum atomic E-state index is -1.35. The SMILES string of the molecule is CCC/C=C/COS(=O)c1ccc(C)cc1. The Morgan fingerprint density at radius 2 is 1.94 bits per heavy atom. The van der Waals surface area contributed by atoms with E-state index in [0.29, 0.717) is 6.61 Å².